The molecule has 0 heterocycles. The molecule has 0 aliphatic heterocycles. The fourth-order valence-electron chi connectivity index (χ4n) is 1.52. The highest BCUT2D eigenvalue weighted by Gasteiger charge is 2.25. The number of nitrogens with one attached hydrogen (secondary N) is 2. The highest BCUT2D eigenvalue weighted by Crippen LogP contribution is 2.14. The Morgan fingerprint density at radius 1 is 1.32 bits per heavy atom. The zero-order valence-corrected chi connectivity index (χ0v) is 13.4. The van der Waals surface area contributed by atoms with Crippen molar-refractivity contribution >= 4 is 6.03 Å². The Hall–Kier alpha value is -1.82. The zero-order chi connectivity index (χ0) is 16.6. The largest absolute Gasteiger partial charge is 0.494 e. The molecule has 0 saturated heterocycles. The standard InChI is InChI=1S/C16H25FN2O3/c1-12(2)16(3,21)11-19-15(20)18-9-4-10-22-14-7-5-13(17)6-8-14/h5-8,12,21H,4,9-11H2,1-3H3,(H2,18,19,20). The van der Waals surface area contributed by atoms with Gasteiger partial charge >= 0.3 is 6.03 Å². The number of ether oxygens (including phenoxy) is 1. The average molecular weight is 312 g/mol. The first-order chi connectivity index (χ1) is 10.3. The van der Waals surface area contributed by atoms with Crippen LogP contribution in [0.3, 0.4) is 0 Å². The number of hydrogen-bond acceptors (Lipinski definition) is 3. The minimum Gasteiger partial charge on any atom is -0.494 e. The molecule has 22 heavy (non-hydrogen) atoms. The zero-order valence-electron chi connectivity index (χ0n) is 13.4. The molecular formula is C16H25FN2O3. The number of carbonyl (C=O) groups is 1. The minimum atomic E-state index is -0.928. The third-order valence-corrected chi connectivity index (χ3v) is 3.54. The minimum absolute atomic E-state index is 0.0527. The van der Waals surface area contributed by atoms with Crippen LogP contribution in [0.4, 0.5) is 9.18 Å². The Morgan fingerprint density at radius 2 is 1.95 bits per heavy atom. The van der Waals surface area contributed by atoms with Gasteiger partial charge in [-0.25, -0.2) is 9.18 Å². The van der Waals surface area contributed by atoms with Gasteiger partial charge in [0.05, 0.1) is 12.2 Å². The number of carbonyl (C=O) groups excluding carboxylic acids is 1. The first-order valence-electron chi connectivity index (χ1n) is 7.43. The van der Waals surface area contributed by atoms with E-state index in [0.717, 1.165) is 0 Å². The maximum Gasteiger partial charge on any atom is 0.314 e. The van der Waals surface area contributed by atoms with Gasteiger partial charge in [0.2, 0.25) is 0 Å². The van der Waals surface area contributed by atoms with E-state index in [1.807, 2.05) is 13.8 Å². The molecular weight excluding hydrogens is 287 g/mol. The van der Waals surface area contributed by atoms with Gasteiger partial charge in [-0.05, 0) is 43.5 Å². The van der Waals surface area contributed by atoms with E-state index in [2.05, 4.69) is 10.6 Å². The van der Waals surface area contributed by atoms with Gasteiger partial charge in [0.25, 0.3) is 0 Å². The summed E-state index contributed by atoms with van der Waals surface area (Å²) in [7, 11) is 0. The van der Waals surface area contributed by atoms with Crippen molar-refractivity contribution in [3.8, 4) is 5.75 Å². The molecule has 0 aliphatic rings. The van der Waals surface area contributed by atoms with E-state index in [-0.39, 0.29) is 24.3 Å². The quantitative estimate of drug-likeness (QED) is 0.645. The third kappa shape index (κ3) is 6.76. The lowest BCUT2D eigenvalue weighted by atomic mass is 9.93. The monoisotopic (exact) mass is 312 g/mol. The van der Waals surface area contributed by atoms with Crippen LogP contribution in [0.1, 0.15) is 27.2 Å². The molecule has 1 rings (SSSR count). The molecule has 1 unspecified atom stereocenters. The van der Waals surface area contributed by atoms with E-state index >= 15 is 0 Å². The first kappa shape index (κ1) is 18.2. The lowest BCUT2D eigenvalue weighted by molar-refractivity contribution is 0.0166. The van der Waals surface area contributed by atoms with E-state index in [1.54, 1.807) is 19.1 Å². The number of hydrogen-bond donors (Lipinski definition) is 3. The molecule has 5 nitrogen and oxygen atoms in total. The Bertz CT molecular complexity index is 461. The summed E-state index contributed by atoms with van der Waals surface area (Å²) in [4.78, 5) is 11.6. The van der Waals surface area contributed by atoms with Crippen LogP contribution in [-0.4, -0.2) is 36.4 Å². The Kier molecular flexibility index (Phi) is 7.11. The summed E-state index contributed by atoms with van der Waals surface area (Å²) in [6, 6.07) is 5.47. The number of urea groups is 1. The van der Waals surface area contributed by atoms with Crippen molar-refractivity contribution in [3.05, 3.63) is 30.1 Å². The van der Waals surface area contributed by atoms with Crippen LogP contribution in [-0.2, 0) is 0 Å². The highest BCUT2D eigenvalue weighted by atomic mass is 19.1. The normalized spacial score (nSPS) is 13.5. The summed E-state index contributed by atoms with van der Waals surface area (Å²) < 4.78 is 18.1. The second-order valence-electron chi connectivity index (χ2n) is 5.78. The van der Waals surface area contributed by atoms with Gasteiger partial charge < -0.3 is 20.5 Å². The number of amides is 2. The van der Waals surface area contributed by atoms with E-state index < -0.39 is 5.60 Å². The van der Waals surface area contributed by atoms with E-state index in [0.29, 0.717) is 25.3 Å². The number of rotatable bonds is 8. The van der Waals surface area contributed by atoms with Crippen LogP contribution in [0.5, 0.6) is 5.75 Å². The van der Waals surface area contributed by atoms with Crippen molar-refractivity contribution in [2.45, 2.75) is 32.8 Å². The third-order valence-electron chi connectivity index (χ3n) is 3.54. The second-order valence-corrected chi connectivity index (χ2v) is 5.78. The molecule has 1 atom stereocenters. The maximum absolute atomic E-state index is 12.7. The summed E-state index contributed by atoms with van der Waals surface area (Å²) in [6.45, 7) is 6.56. The Morgan fingerprint density at radius 3 is 2.55 bits per heavy atom. The van der Waals surface area contributed by atoms with Gasteiger partial charge in [-0.1, -0.05) is 13.8 Å². The van der Waals surface area contributed by atoms with Gasteiger partial charge in [0.1, 0.15) is 11.6 Å². The van der Waals surface area contributed by atoms with E-state index in [1.165, 1.54) is 12.1 Å². The SMILES string of the molecule is CC(C)C(C)(O)CNC(=O)NCCCOc1ccc(F)cc1. The van der Waals surface area contributed by atoms with Gasteiger partial charge in [0.15, 0.2) is 0 Å². The molecule has 2 amide bonds. The maximum atomic E-state index is 12.7. The van der Waals surface area contributed by atoms with Crippen molar-refractivity contribution in [1.82, 2.24) is 10.6 Å². The molecule has 1 aromatic carbocycles. The lowest BCUT2D eigenvalue weighted by Gasteiger charge is -2.27. The summed E-state index contributed by atoms with van der Waals surface area (Å²) >= 11 is 0. The van der Waals surface area contributed by atoms with Gasteiger partial charge in [-0.3, -0.25) is 0 Å². The molecule has 6 heteroatoms. The van der Waals surface area contributed by atoms with E-state index in [9.17, 15) is 14.3 Å². The molecule has 0 fully saturated rings. The molecule has 0 aromatic heterocycles. The first-order valence-corrected chi connectivity index (χ1v) is 7.43. The smallest absolute Gasteiger partial charge is 0.314 e. The summed E-state index contributed by atoms with van der Waals surface area (Å²) in [5.41, 5.74) is -0.928. The van der Waals surface area contributed by atoms with Crippen LogP contribution in [0, 0.1) is 11.7 Å². The Balaban J connectivity index is 2.11. The van der Waals surface area contributed by atoms with Crippen molar-refractivity contribution < 1.29 is 19.0 Å². The van der Waals surface area contributed by atoms with Crippen molar-refractivity contribution in [1.29, 1.82) is 0 Å². The fourth-order valence-corrected chi connectivity index (χ4v) is 1.52. The summed E-state index contributed by atoms with van der Waals surface area (Å²) in [6.07, 6.45) is 0.630. The number of halogens is 1. The van der Waals surface area contributed by atoms with Crippen LogP contribution in [0.2, 0.25) is 0 Å². The van der Waals surface area contributed by atoms with Gasteiger partial charge in [0, 0.05) is 13.1 Å². The fraction of sp³-hybridized carbons (Fsp3) is 0.562. The van der Waals surface area contributed by atoms with Crippen LogP contribution in [0.15, 0.2) is 24.3 Å². The molecule has 0 bridgehead atoms. The average Bonchev–Trinajstić information content (AvgIpc) is 2.46. The predicted molar refractivity (Wildman–Crippen MR) is 83.4 cm³/mol. The molecule has 0 aliphatic carbocycles. The molecule has 1 aromatic rings. The van der Waals surface area contributed by atoms with Crippen LogP contribution >= 0.6 is 0 Å². The van der Waals surface area contributed by atoms with Crippen molar-refractivity contribution in [2.75, 3.05) is 19.7 Å². The second kappa shape index (κ2) is 8.58. The summed E-state index contributed by atoms with van der Waals surface area (Å²) in [5.74, 6) is 0.346. The van der Waals surface area contributed by atoms with E-state index in [4.69, 9.17) is 4.74 Å². The number of benzene rings is 1. The molecule has 124 valence electrons. The highest BCUT2D eigenvalue weighted by molar-refractivity contribution is 5.73. The van der Waals surface area contributed by atoms with Crippen LogP contribution < -0.4 is 15.4 Å². The molecule has 0 spiro atoms. The number of aliphatic hydroxyl groups is 1. The van der Waals surface area contributed by atoms with Gasteiger partial charge in [-0.15, -0.1) is 0 Å². The topological polar surface area (TPSA) is 70.6 Å². The lowest BCUT2D eigenvalue weighted by Crippen LogP contribution is -2.47. The predicted octanol–water partition coefficient (Wildman–Crippen LogP) is 2.30. The molecule has 3 N–H and O–H groups in total. The van der Waals surface area contributed by atoms with Gasteiger partial charge in [-0.2, -0.15) is 0 Å². The molecule has 0 saturated carbocycles. The Labute approximate surface area is 130 Å². The van der Waals surface area contributed by atoms with Crippen LogP contribution in [0.25, 0.3) is 0 Å². The van der Waals surface area contributed by atoms with Crippen molar-refractivity contribution in [2.24, 2.45) is 5.92 Å². The van der Waals surface area contributed by atoms with Crippen molar-refractivity contribution in [3.63, 3.8) is 0 Å². The summed E-state index contributed by atoms with van der Waals surface area (Å²) in [5, 5.41) is 15.3. The molecule has 0 radical (unpaired) electrons.